The van der Waals surface area contributed by atoms with Crippen molar-refractivity contribution >= 4 is 68.2 Å². The van der Waals surface area contributed by atoms with E-state index in [-0.39, 0.29) is 25.9 Å². The molecular formula is C56H54MgN4. The van der Waals surface area contributed by atoms with Gasteiger partial charge >= 0.3 is 23.1 Å². The molecule has 0 saturated carbocycles. The third-order valence-corrected chi connectivity index (χ3v) is 12.2. The summed E-state index contributed by atoms with van der Waals surface area (Å²) in [7, 11) is 0. The number of hydrogen-bond acceptors (Lipinski definition) is 4. The fourth-order valence-electron chi connectivity index (χ4n) is 10.4. The van der Waals surface area contributed by atoms with E-state index in [0.29, 0.717) is 0 Å². The number of rotatable bonds is 4. The predicted molar refractivity (Wildman–Crippen MR) is 265 cm³/mol. The Morgan fingerprint density at radius 3 is 1.18 bits per heavy atom. The molecule has 0 radical (unpaired) electrons. The summed E-state index contributed by atoms with van der Waals surface area (Å²) in [5, 5.41) is 0. The minimum atomic E-state index is 0. The van der Waals surface area contributed by atoms with Crippen LogP contribution >= 0.6 is 0 Å². The summed E-state index contributed by atoms with van der Waals surface area (Å²) in [5.74, 6) is 0. The Kier molecular flexibility index (Phi) is 11.0. The molecule has 0 fully saturated rings. The second kappa shape index (κ2) is 15.9. The monoisotopic (exact) mass is 806 g/mol. The Balaban J connectivity index is 0.00000220. The molecule has 5 aliphatic heterocycles. The standard InChI is InChI=1S/C56H52N4.Mg.2H/c1-29-17-33(5)48(34(6)18-29)46-27-45-26-43-14-13-41(57-43)25-42-15-16-44(58-42)28-47-52(49-35(7)19-30(2)20-36(49)8)53(50-37(9)21-31(3)22-38(50)10)56(60-47)54(55(46)59-45)51-39(11)23-32(4)24-40(51)12;;;/h13-28H,1-12H3;;;/q;+2;2*-1. The van der Waals surface area contributed by atoms with Crippen LogP contribution in [0.1, 0.15) is 91.9 Å². The van der Waals surface area contributed by atoms with Gasteiger partial charge in [0.05, 0.1) is 45.6 Å². The van der Waals surface area contributed by atoms with Crippen molar-refractivity contribution in [1.29, 1.82) is 0 Å². The average molecular weight is 807 g/mol. The zero-order valence-corrected chi connectivity index (χ0v) is 39.1. The van der Waals surface area contributed by atoms with Crippen LogP contribution in [0.5, 0.6) is 0 Å². The molecule has 300 valence electrons. The van der Waals surface area contributed by atoms with Gasteiger partial charge in [0.2, 0.25) is 0 Å². The Bertz CT molecular complexity index is 2980. The van der Waals surface area contributed by atoms with Crippen molar-refractivity contribution in [1.82, 2.24) is 0 Å². The summed E-state index contributed by atoms with van der Waals surface area (Å²) in [5.41, 5.74) is 30.8. The summed E-state index contributed by atoms with van der Waals surface area (Å²) >= 11 is 0. The zero-order chi connectivity index (χ0) is 42.3. The first kappa shape index (κ1) is 42.0. The molecule has 4 aromatic carbocycles. The molecule has 0 spiro atoms. The summed E-state index contributed by atoms with van der Waals surface area (Å²) in [4.78, 5) is 21.8. The molecule has 8 bridgehead atoms. The minimum Gasteiger partial charge on any atom is -1.00 e. The molecule has 0 atom stereocenters. The van der Waals surface area contributed by atoms with E-state index in [1.54, 1.807) is 0 Å². The molecule has 0 saturated heterocycles. The number of hydrogen-bond donors (Lipinski definition) is 0. The molecule has 5 heteroatoms. The van der Waals surface area contributed by atoms with Crippen LogP contribution < -0.4 is 0 Å². The number of aliphatic imine (C=N–C) groups is 4. The quantitative estimate of drug-likeness (QED) is 0.185. The summed E-state index contributed by atoms with van der Waals surface area (Å²) in [6.07, 6.45) is 16.9. The van der Waals surface area contributed by atoms with Crippen LogP contribution in [0.2, 0.25) is 0 Å². The predicted octanol–water partition coefficient (Wildman–Crippen LogP) is 13.2. The molecule has 0 aliphatic carbocycles. The Hall–Kier alpha value is -5.75. The minimum absolute atomic E-state index is 0. The van der Waals surface area contributed by atoms with Gasteiger partial charge in [0.25, 0.3) is 0 Å². The molecule has 0 amide bonds. The fraction of sp³-hybridized carbons (Fsp3) is 0.214. The normalized spacial score (nSPS) is 16.6. The van der Waals surface area contributed by atoms with Gasteiger partial charge in [-0.2, -0.15) is 0 Å². The number of benzene rings is 4. The zero-order valence-electron chi connectivity index (χ0n) is 39.7. The van der Waals surface area contributed by atoms with Gasteiger partial charge in [-0.25, -0.2) is 20.0 Å². The molecule has 4 aromatic rings. The van der Waals surface area contributed by atoms with E-state index in [1.165, 1.54) is 83.5 Å². The second-order valence-electron chi connectivity index (χ2n) is 17.5. The van der Waals surface area contributed by atoms with Gasteiger partial charge in [0, 0.05) is 22.3 Å². The van der Waals surface area contributed by atoms with Crippen LogP contribution in [0.15, 0.2) is 140 Å². The van der Waals surface area contributed by atoms with E-state index < -0.39 is 0 Å². The van der Waals surface area contributed by atoms with Crippen molar-refractivity contribution < 1.29 is 2.85 Å². The summed E-state index contributed by atoms with van der Waals surface area (Å²) < 4.78 is 0. The van der Waals surface area contributed by atoms with Gasteiger partial charge in [-0.05, 0) is 198 Å². The van der Waals surface area contributed by atoms with Gasteiger partial charge in [0.1, 0.15) is 0 Å². The third-order valence-electron chi connectivity index (χ3n) is 12.2. The summed E-state index contributed by atoms with van der Waals surface area (Å²) in [6, 6.07) is 18.5. The van der Waals surface area contributed by atoms with E-state index in [4.69, 9.17) is 20.0 Å². The Morgan fingerprint density at radius 1 is 0.344 bits per heavy atom. The van der Waals surface area contributed by atoms with Crippen LogP contribution in [-0.2, 0) is 0 Å². The van der Waals surface area contributed by atoms with Crippen molar-refractivity contribution in [3.63, 3.8) is 0 Å². The SMILES string of the molecule is Cc1cc(C)c(C2=CC3=CC4=NC(=CC5=NC(=CC6=NC(=C(c7c(C)cc(C)cc7C)C2=N3)C(c2c(C)cc(C)cc2C)=C6c2c(C)cc(C)cc2C)C=C5)C=C4)c(C)c1.[H-].[H-].[Mg+2]. The molecule has 61 heavy (non-hydrogen) atoms. The van der Waals surface area contributed by atoms with Gasteiger partial charge in [-0.3, -0.25) is 0 Å². The number of nitrogens with zero attached hydrogens (tertiary/aromatic N) is 4. The molecule has 0 aromatic heterocycles. The van der Waals surface area contributed by atoms with Gasteiger partial charge < -0.3 is 2.85 Å². The van der Waals surface area contributed by atoms with Crippen LogP contribution in [0.3, 0.4) is 0 Å². The molecule has 0 unspecified atom stereocenters. The van der Waals surface area contributed by atoms with Crippen LogP contribution in [0.4, 0.5) is 0 Å². The van der Waals surface area contributed by atoms with E-state index in [0.717, 1.165) is 73.5 Å². The van der Waals surface area contributed by atoms with E-state index in [2.05, 4.69) is 174 Å². The Morgan fingerprint density at radius 2 is 0.721 bits per heavy atom. The Labute approximate surface area is 381 Å². The van der Waals surface area contributed by atoms with Gasteiger partial charge in [-0.1, -0.05) is 70.8 Å². The van der Waals surface area contributed by atoms with E-state index in [1.807, 2.05) is 6.08 Å². The third kappa shape index (κ3) is 7.53. The van der Waals surface area contributed by atoms with E-state index >= 15 is 0 Å². The number of allylic oxidation sites excluding steroid dienone is 12. The van der Waals surface area contributed by atoms with E-state index in [9.17, 15) is 0 Å². The number of fused-ring (bicyclic) bond motifs is 4. The molecular weight excluding hydrogens is 753 g/mol. The topological polar surface area (TPSA) is 49.4 Å². The maximum absolute atomic E-state index is 5.93. The summed E-state index contributed by atoms with van der Waals surface area (Å²) in [6.45, 7) is 26.7. The van der Waals surface area contributed by atoms with Crippen molar-refractivity contribution in [2.75, 3.05) is 0 Å². The average Bonchev–Trinajstić information content (AvgIpc) is 3.94. The second-order valence-corrected chi connectivity index (χ2v) is 17.5. The fourth-order valence-corrected chi connectivity index (χ4v) is 10.4. The first-order valence-electron chi connectivity index (χ1n) is 21.0. The largest absolute Gasteiger partial charge is 2.00 e. The van der Waals surface area contributed by atoms with Crippen LogP contribution in [0.25, 0.3) is 22.3 Å². The van der Waals surface area contributed by atoms with Gasteiger partial charge in [0.15, 0.2) is 0 Å². The molecule has 5 aliphatic rings. The molecule has 4 nitrogen and oxygen atoms in total. The molecule has 5 heterocycles. The number of aryl methyl sites for hydroxylation is 12. The van der Waals surface area contributed by atoms with Crippen molar-refractivity contribution in [3.05, 3.63) is 209 Å². The van der Waals surface area contributed by atoms with Crippen molar-refractivity contribution in [2.45, 2.75) is 83.1 Å². The maximum atomic E-state index is 5.93. The first-order chi connectivity index (χ1) is 28.6. The first-order valence-corrected chi connectivity index (χ1v) is 21.0. The van der Waals surface area contributed by atoms with Crippen LogP contribution in [0, 0.1) is 83.1 Å². The van der Waals surface area contributed by atoms with Crippen LogP contribution in [-0.4, -0.2) is 45.9 Å². The smallest absolute Gasteiger partial charge is 1.00 e. The van der Waals surface area contributed by atoms with Gasteiger partial charge in [-0.15, -0.1) is 0 Å². The van der Waals surface area contributed by atoms with Crippen molar-refractivity contribution in [2.24, 2.45) is 20.0 Å². The molecule has 9 rings (SSSR count). The molecule has 0 N–H and O–H groups in total. The maximum Gasteiger partial charge on any atom is 2.00 e. The van der Waals surface area contributed by atoms with Crippen molar-refractivity contribution in [3.8, 4) is 0 Å².